The van der Waals surface area contributed by atoms with Gasteiger partial charge in [0.15, 0.2) is 0 Å². The maximum atomic E-state index is 12.2. The molecule has 6 heteroatoms. The van der Waals surface area contributed by atoms with Gasteiger partial charge in [0.05, 0.1) is 6.04 Å². The number of rotatable bonds is 4. The molecule has 1 aromatic carbocycles. The number of hydrogen-bond acceptors (Lipinski definition) is 2. The van der Waals surface area contributed by atoms with Crippen molar-refractivity contribution in [2.24, 2.45) is 0 Å². The molecule has 1 saturated heterocycles. The van der Waals surface area contributed by atoms with Crippen molar-refractivity contribution in [3.8, 4) is 0 Å². The fourth-order valence-corrected chi connectivity index (χ4v) is 3.06. The van der Waals surface area contributed by atoms with E-state index in [1.165, 1.54) is 6.08 Å². The van der Waals surface area contributed by atoms with Gasteiger partial charge in [-0.2, -0.15) is 0 Å². The van der Waals surface area contributed by atoms with Crippen LogP contribution < -0.4 is 5.32 Å². The number of nitrogens with zero attached hydrogens (tertiary/aromatic N) is 2. The van der Waals surface area contributed by atoms with E-state index in [0.717, 1.165) is 16.5 Å². The lowest BCUT2D eigenvalue weighted by Crippen LogP contribution is -2.61. The molecule has 1 N–H and O–H groups in total. The first kappa shape index (κ1) is 19.1. The maximum absolute atomic E-state index is 12.2. The summed E-state index contributed by atoms with van der Waals surface area (Å²) in [4.78, 5) is 25.2. The quantitative estimate of drug-likeness (QED) is 0.850. The molecular weight excluding hydrogens is 338 g/mol. The zero-order valence-corrected chi connectivity index (χ0v) is 15.6. The second-order valence-electron chi connectivity index (χ2n) is 5.81. The smallest absolute Gasteiger partial charge is 0.246 e. The van der Waals surface area contributed by atoms with Gasteiger partial charge in [-0.3, -0.25) is 9.59 Å². The standard InChI is InChI=1S/C17H18ClN3O2.C2H6/c1-3-17(23)21-8-13(9-21)19-16(22)10-20-7-11(2)14-6-12(18)4-5-15(14)20;1-2/h3-7,13H,1,8-10H2,2H3,(H,19,22);1-2H3. The van der Waals surface area contributed by atoms with Crippen LogP contribution in [0.15, 0.2) is 37.1 Å². The van der Waals surface area contributed by atoms with Crippen LogP contribution in [-0.4, -0.2) is 40.4 Å². The summed E-state index contributed by atoms with van der Waals surface area (Å²) >= 11 is 6.02. The molecule has 1 aliphatic rings. The summed E-state index contributed by atoms with van der Waals surface area (Å²) in [5.74, 6) is -0.160. The van der Waals surface area contributed by atoms with Crippen LogP contribution in [0.25, 0.3) is 10.9 Å². The van der Waals surface area contributed by atoms with Gasteiger partial charge in [0.25, 0.3) is 0 Å². The van der Waals surface area contributed by atoms with E-state index < -0.39 is 0 Å². The molecule has 1 aliphatic heterocycles. The minimum atomic E-state index is -0.0978. The van der Waals surface area contributed by atoms with Crippen LogP contribution in [0.4, 0.5) is 0 Å². The Morgan fingerprint density at radius 2 is 2.04 bits per heavy atom. The van der Waals surface area contributed by atoms with Crippen molar-refractivity contribution < 1.29 is 9.59 Å². The maximum Gasteiger partial charge on any atom is 0.246 e. The molecule has 0 radical (unpaired) electrons. The minimum absolute atomic E-state index is 0.0174. The Labute approximate surface area is 153 Å². The highest BCUT2D eigenvalue weighted by molar-refractivity contribution is 6.31. The first-order chi connectivity index (χ1) is 12.0. The van der Waals surface area contributed by atoms with E-state index in [9.17, 15) is 9.59 Å². The van der Waals surface area contributed by atoms with Gasteiger partial charge in [-0.05, 0) is 36.8 Å². The lowest BCUT2D eigenvalue weighted by atomic mass is 10.1. The van der Waals surface area contributed by atoms with Crippen LogP contribution in [0.1, 0.15) is 19.4 Å². The van der Waals surface area contributed by atoms with Crippen LogP contribution in [0.5, 0.6) is 0 Å². The van der Waals surface area contributed by atoms with Crippen molar-refractivity contribution in [3.63, 3.8) is 0 Å². The molecule has 5 nitrogen and oxygen atoms in total. The number of halogens is 1. The third kappa shape index (κ3) is 4.23. The summed E-state index contributed by atoms with van der Waals surface area (Å²) in [6.07, 6.45) is 3.24. The number of likely N-dealkylation sites (tertiary alicyclic amines) is 1. The number of hydrogen-bond donors (Lipinski definition) is 1. The molecule has 1 aromatic heterocycles. The molecule has 2 aromatic rings. The molecule has 1 fully saturated rings. The average Bonchev–Trinajstić information content (AvgIpc) is 2.87. The Morgan fingerprint density at radius 3 is 2.68 bits per heavy atom. The van der Waals surface area contributed by atoms with Gasteiger partial charge in [0.1, 0.15) is 6.54 Å². The summed E-state index contributed by atoms with van der Waals surface area (Å²) in [6, 6.07) is 5.67. The van der Waals surface area contributed by atoms with Gasteiger partial charge in [-0.1, -0.05) is 32.0 Å². The Balaban J connectivity index is 0.00000109. The molecule has 134 valence electrons. The lowest BCUT2D eigenvalue weighted by molar-refractivity contribution is -0.133. The Bertz CT molecular complexity index is 791. The number of benzene rings is 1. The zero-order chi connectivity index (χ0) is 18.6. The van der Waals surface area contributed by atoms with Gasteiger partial charge in [-0.25, -0.2) is 0 Å². The molecule has 0 saturated carbocycles. The molecule has 2 amide bonds. The number of nitrogens with one attached hydrogen (secondary N) is 1. The summed E-state index contributed by atoms with van der Waals surface area (Å²) in [5, 5.41) is 4.68. The summed E-state index contributed by atoms with van der Waals surface area (Å²) in [5.41, 5.74) is 2.07. The molecular formula is C19H24ClN3O2. The number of carbonyl (C=O) groups is 2. The van der Waals surface area contributed by atoms with E-state index in [2.05, 4.69) is 11.9 Å². The third-order valence-corrected chi connectivity index (χ3v) is 4.32. The predicted molar refractivity (Wildman–Crippen MR) is 102 cm³/mol. The topological polar surface area (TPSA) is 54.3 Å². The van der Waals surface area contributed by atoms with Crippen LogP contribution in [0.2, 0.25) is 5.02 Å². The van der Waals surface area contributed by atoms with Crippen LogP contribution in [0, 0.1) is 6.92 Å². The van der Waals surface area contributed by atoms with Crippen molar-refractivity contribution in [2.75, 3.05) is 13.1 Å². The van der Waals surface area contributed by atoms with Crippen LogP contribution in [0.3, 0.4) is 0 Å². The normalized spacial score (nSPS) is 13.7. The van der Waals surface area contributed by atoms with Crippen LogP contribution >= 0.6 is 11.6 Å². The fourth-order valence-electron chi connectivity index (χ4n) is 2.89. The molecule has 0 spiro atoms. The number of fused-ring (bicyclic) bond motifs is 1. The number of aryl methyl sites for hydroxylation is 1. The fraction of sp³-hybridized carbons (Fsp3) is 0.368. The Hall–Kier alpha value is -2.27. The van der Waals surface area contributed by atoms with E-state index in [-0.39, 0.29) is 24.4 Å². The van der Waals surface area contributed by atoms with Crippen molar-refractivity contribution in [1.29, 1.82) is 0 Å². The van der Waals surface area contributed by atoms with Gasteiger partial charge in [-0.15, -0.1) is 0 Å². The third-order valence-electron chi connectivity index (χ3n) is 4.09. The average molecular weight is 362 g/mol. The van der Waals surface area contributed by atoms with Gasteiger partial charge in [0, 0.05) is 35.2 Å². The molecule has 0 unspecified atom stereocenters. The zero-order valence-electron chi connectivity index (χ0n) is 14.9. The van der Waals surface area contributed by atoms with E-state index in [4.69, 9.17) is 11.6 Å². The van der Waals surface area contributed by atoms with Crippen LogP contribution in [-0.2, 0) is 16.1 Å². The number of carbonyl (C=O) groups excluding carboxylic acids is 2. The van der Waals surface area contributed by atoms with Crippen molar-refractivity contribution in [2.45, 2.75) is 33.4 Å². The van der Waals surface area contributed by atoms with Gasteiger partial charge in [0.2, 0.25) is 11.8 Å². The molecule has 0 bridgehead atoms. The molecule has 3 rings (SSSR count). The highest BCUT2D eigenvalue weighted by atomic mass is 35.5. The lowest BCUT2D eigenvalue weighted by Gasteiger charge is -2.38. The molecule has 0 aliphatic carbocycles. The largest absolute Gasteiger partial charge is 0.348 e. The molecule has 0 atom stereocenters. The second kappa shape index (κ2) is 8.21. The first-order valence-electron chi connectivity index (χ1n) is 8.43. The number of aromatic nitrogens is 1. The Kier molecular flexibility index (Phi) is 6.26. The van der Waals surface area contributed by atoms with Crippen molar-refractivity contribution in [1.82, 2.24) is 14.8 Å². The minimum Gasteiger partial charge on any atom is -0.348 e. The summed E-state index contributed by atoms with van der Waals surface area (Å²) in [7, 11) is 0. The predicted octanol–water partition coefficient (Wildman–Crippen LogP) is 3.14. The second-order valence-corrected chi connectivity index (χ2v) is 6.25. The van der Waals surface area contributed by atoms with Crippen molar-refractivity contribution in [3.05, 3.63) is 47.6 Å². The highest BCUT2D eigenvalue weighted by Gasteiger charge is 2.30. The summed E-state index contributed by atoms with van der Waals surface area (Å²) < 4.78 is 1.92. The molecule has 25 heavy (non-hydrogen) atoms. The Morgan fingerprint density at radius 1 is 1.36 bits per heavy atom. The van der Waals surface area contributed by atoms with E-state index in [1.807, 2.05) is 49.7 Å². The van der Waals surface area contributed by atoms with E-state index >= 15 is 0 Å². The van der Waals surface area contributed by atoms with Crippen molar-refractivity contribution >= 4 is 34.3 Å². The first-order valence-corrected chi connectivity index (χ1v) is 8.81. The number of amides is 2. The summed E-state index contributed by atoms with van der Waals surface area (Å²) in [6.45, 7) is 10.8. The van der Waals surface area contributed by atoms with Gasteiger partial charge < -0.3 is 14.8 Å². The van der Waals surface area contributed by atoms with Gasteiger partial charge >= 0.3 is 0 Å². The SMILES string of the molecule is C=CC(=O)N1CC(NC(=O)Cn2cc(C)c3cc(Cl)ccc32)C1.CC. The molecule has 2 heterocycles. The van der Waals surface area contributed by atoms with E-state index in [0.29, 0.717) is 18.1 Å². The monoisotopic (exact) mass is 361 g/mol. The highest BCUT2D eigenvalue weighted by Crippen LogP contribution is 2.24. The van der Waals surface area contributed by atoms with E-state index in [1.54, 1.807) is 4.90 Å².